The van der Waals surface area contributed by atoms with Gasteiger partial charge in [0.05, 0.1) is 5.01 Å². The number of hydrogen-bond donors (Lipinski definition) is 1. The van der Waals surface area contributed by atoms with Gasteiger partial charge in [0, 0.05) is 44.3 Å². The molecule has 0 unspecified atom stereocenters. The van der Waals surface area contributed by atoms with Crippen LogP contribution in [0.25, 0.3) is 0 Å². The maximum atomic E-state index is 12.0. The molecule has 1 fully saturated rings. The molecule has 24 heavy (non-hydrogen) atoms. The molecule has 0 bridgehead atoms. The van der Waals surface area contributed by atoms with Gasteiger partial charge in [0.15, 0.2) is 0 Å². The highest BCUT2D eigenvalue weighted by Gasteiger charge is 2.16. The molecule has 1 aliphatic heterocycles. The Hall–Kier alpha value is -1.99. The minimum Gasteiger partial charge on any atom is -0.354 e. The summed E-state index contributed by atoms with van der Waals surface area (Å²) in [5.74, 6) is 0.870. The van der Waals surface area contributed by atoms with E-state index >= 15 is 0 Å². The third kappa shape index (κ3) is 4.10. The lowest BCUT2D eigenvalue weighted by atomic mass is 10.2. The van der Waals surface area contributed by atoms with E-state index in [2.05, 4.69) is 32.0 Å². The van der Waals surface area contributed by atoms with E-state index in [4.69, 9.17) is 0 Å². The molecule has 3 heterocycles. The van der Waals surface area contributed by atoms with Crippen molar-refractivity contribution in [3.8, 4) is 0 Å². The molecule has 0 saturated carbocycles. The lowest BCUT2D eigenvalue weighted by Gasteiger charge is -2.34. The van der Waals surface area contributed by atoms with E-state index in [9.17, 15) is 4.79 Å². The second-order valence-corrected chi connectivity index (χ2v) is 6.94. The molecule has 1 saturated heterocycles. The first-order valence-corrected chi connectivity index (χ1v) is 9.16. The summed E-state index contributed by atoms with van der Waals surface area (Å²) in [6, 6.07) is 4.07. The van der Waals surface area contributed by atoms with Gasteiger partial charge in [-0.1, -0.05) is 13.0 Å². The third-order valence-electron chi connectivity index (χ3n) is 4.26. The Labute approximate surface area is 146 Å². The minimum absolute atomic E-state index is 0.140. The van der Waals surface area contributed by atoms with Crippen LogP contribution in [0.3, 0.4) is 0 Å². The van der Waals surface area contributed by atoms with Crippen LogP contribution in [-0.4, -0.2) is 53.5 Å². The van der Waals surface area contributed by atoms with Crippen molar-refractivity contribution < 1.29 is 4.79 Å². The minimum atomic E-state index is -0.140. The van der Waals surface area contributed by atoms with Gasteiger partial charge in [-0.25, -0.2) is 9.97 Å². The van der Waals surface area contributed by atoms with Gasteiger partial charge in [-0.2, -0.15) is 0 Å². The molecule has 2 aromatic heterocycles. The summed E-state index contributed by atoms with van der Waals surface area (Å²) in [7, 11) is 0. The molecule has 1 amide bonds. The molecule has 1 N–H and O–H groups in total. The molecule has 2 aromatic rings. The van der Waals surface area contributed by atoms with E-state index in [1.807, 2.05) is 25.3 Å². The van der Waals surface area contributed by atoms with E-state index < -0.39 is 0 Å². The zero-order chi connectivity index (χ0) is 16.9. The summed E-state index contributed by atoms with van der Waals surface area (Å²) >= 11 is 1.48. The molecule has 0 atom stereocenters. The highest BCUT2D eigenvalue weighted by molar-refractivity contribution is 7.09. The summed E-state index contributed by atoms with van der Waals surface area (Å²) in [6.45, 7) is 9.87. The van der Waals surface area contributed by atoms with Crippen molar-refractivity contribution in [2.45, 2.75) is 20.4 Å². The van der Waals surface area contributed by atoms with Crippen LogP contribution in [0.2, 0.25) is 0 Å². The zero-order valence-electron chi connectivity index (χ0n) is 14.2. The van der Waals surface area contributed by atoms with Crippen molar-refractivity contribution in [2.24, 2.45) is 0 Å². The molecule has 3 rings (SSSR count). The summed E-state index contributed by atoms with van der Waals surface area (Å²) in [6.07, 6.45) is 1.84. The Bertz CT molecular complexity index is 677. The highest BCUT2D eigenvalue weighted by Crippen LogP contribution is 2.14. The van der Waals surface area contributed by atoms with Crippen molar-refractivity contribution in [1.29, 1.82) is 0 Å². The standard InChI is InChI=1S/C17H23N5OS/c1-3-21-6-8-22(9-7-21)16-5-4-14(10-18-16)11-19-17(23)15-12-24-13(2)20-15/h4-5,10,12H,3,6-9,11H2,1-2H3,(H,19,23). The van der Waals surface area contributed by atoms with Crippen LogP contribution in [0.15, 0.2) is 23.7 Å². The molecule has 0 aliphatic carbocycles. The number of aryl methyl sites for hydroxylation is 1. The quantitative estimate of drug-likeness (QED) is 0.897. The number of thiazole rings is 1. The Morgan fingerprint density at radius 1 is 1.29 bits per heavy atom. The number of anilines is 1. The fourth-order valence-electron chi connectivity index (χ4n) is 2.74. The van der Waals surface area contributed by atoms with E-state index in [0.717, 1.165) is 49.1 Å². The van der Waals surface area contributed by atoms with E-state index in [-0.39, 0.29) is 5.91 Å². The first-order valence-electron chi connectivity index (χ1n) is 8.28. The largest absolute Gasteiger partial charge is 0.354 e. The van der Waals surface area contributed by atoms with Gasteiger partial charge >= 0.3 is 0 Å². The Kier molecular flexibility index (Phi) is 5.42. The predicted molar refractivity (Wildman–Crippen MR) is 96.6 cm³/mol. The number of rotatable bonds is 5. The number of aromatic nitrogens is 2. The van der Waals surface area contributed by atoms with Crippen molar-refractivity contribution in [2.75, 3.05) is 37.6 Å². The summed E-state index contributed by atoms with van der Waals surface area (Å²) in [5, 5.41) is 5.56. The Morgan fingerprint density at radius 2 is 2.08 bits per heavy atom. The topological polar surface area (TPSA) is 61.4 Å². The molecule has 0 radical (unpaired) electrons. The fourth-order valence-corrected chi connectivity index (χ4v) is 3.34. The number of carbonyl (C=O) groups is 1. The molecule has 7 heteroatoms. The zero-order valence-corrected chi connectivity index (χ0v) is 15.0. The predicted octanol–water partition coefficient (Wildman–Crippen LogP) is 1.92. The van der Waals surface area contributed by atoms with Gasteiger partial charge in [0.2, 0.25) is 0 Å². The van der Waals surface area contributed by atoms with Gasteiger partial charge in [-0.05, 0) is 25.1 Å². The summed E-state index contributed by atoms with van der Waals surface area (Å²) in [4.78, 5) is 25.5. The third-order valence-corrected chi connectivity index (χ3v) is 5.03. The smallest absolute Gasteiger partial charge is 0.271 e. The van der Waals surface area contributed by atoms with Crippen molar-refractivity contribution in [3.63, 3.8) is 0 Å². The van der Waals surface area contributed by atoms with Crippen LogP contribution in [0, 0.1) is 6.92 Å². The number of hydrogen-bond acceptors (Lipinski definition) is 6. The number of piperazine rings is 1. The maximum Gasteiger partial charge on any atom is 0.271 e. The van der Waals surface area contributed by atoms with Gasteiger partial charge in [-0.15, -0.1) is 11.3 Å². The van der Waals surface area contributed by atoms with Crippen molar-refractivity contribution in [3.05, 3.63) is 40.0 Å². The number of pyridine rings is 1. The fraction of sp³-hybridized carbons (Fsp3) is 0.471. The van der Waals surface area contributed by atoms with Crippen molar-refractivity contribution in [1.82, 2.24) is 20.2 Å². The number of likely N-dealkylation sites (N-methyl/N-ethyl adjacent to an activating group) is 1. The van der Waals surface area contributed by atoms with Crippen LogP contribution in [0.1, 0.15) is 28.0 Å². The van der Waals surface area contributed by atoms with E-state index in [1.54, 1.807) is 5.38 Å². The van der Waals surface area contributed by atoms with Crippen LogP contribution < -0.4 is 10.2 Å². The molecule has 0 aromatic carbocycles. The molecular weight excluding hydrogens is 322 g/mol. The Balaban J connectivity index is 1.52. The van der Waals surface area contributed by atoms with Gasteiger partial charge < -0.3 is 15.1 Å². The number of amides is 1. The van der Waals surface area contributed by atoms with Crippen LogP contribution in [-0.2, 0) is 6.54 Å². The molecule has 128 valence electrons. The number of nitrogens with zero attached hydrogens (tertiary/aromatic N) is 4. The Morgan fingerprint density at radius 3 is 2.67 bits per heavy atom. The molecule has 1 aliphatic rings. The summed E-state index contributed by atoms with van der Waals surface area (Å²) in [5.41, 5.74) is 1.47. The highest BCUT2D eigenvalue weighted by atomic mass is 32.1. The van der Waals surface area contributed by atoms with Gasteiger partial charge in [-0.3, -0.25) is 4.79 Å². The second-order valence-electron chi connectivity index (χ2n) is 5.88. The van der Waals surface area contributed by atoms with Gasteiger partial charge in [0.25, 0.3) is 5.91 Å². The maximum absolute atomic E-state index is 12.0. The summed E-state index contributed by atoms with van der Waals surface area (Å²) < 4.78 is 0. The SMILES string of the molecule is CCN1CCN(c2ccc(CNC(=O)c3csc(C)n3)cn2)CC1. The van der Waals surface area contributed by atoms with Crippen molar-refractivity contribution >= 4 is 23.1 Å². The lowest BCUT2D eigenvalue weighted by Crippen LogP contribution is -2.46. The molecular formula is C17H23N5OS. The van der Waals surface area contributed by atoms with Crippen LogP contribution >= 0.6 is 11.3 Å². The normalized spacial score (nSPS) is 15.5. The second kappa shape index (κ2) is 7.72. The number of nitrogens with one attached hydrogen (secondary N) is 1. The number of carbonyl (C=O) groups excluding carboxylic acids is 1. The average Bonchev–Trinajstić information content (AvgIpc) is 3.07. The molecule has 6 nitrogen and oxygen atoms in total. The van der Waals surface area contributed by atoms with Crippen LogP contribution in [0.4, 0.5) is 5.82 Å². The first kappa shape index (κ1) is 16.9. The first-order chi connectivity index (χ1) is 11.7. The lowest BCUT2D eigenvalue weighted by molar-refractivity contribution is 0.0946. The van der Waals surface area contributed by atoms with Crippen LogP contribution in [0.5, 0.6) is 0 Å². The monoisotopic (exact) mass is 345 g/mol. The average molecular weight is 345 g/mol. The van der Waals surface area contributed by atoms with E-state index in [0.29, 0.717) is 12.2 Å². The molecule has 0 spiro atoms. The van der Waals surface area contributed by atoms with E-state index in [1.165, 1.54) is 11.3 Å². The van der Waals surface area contributed by atoms with Gasteiger partial charge in [0.1, 0.15) is 11.5 Å².